The van der Waals surface area contributed by atoms with Crippen LogP contribution in [0.15, 0.2) is 24.3 Å². The van der Waals surface area contributed by atoms with Gasteiger partial charge in [0, 0.05) is 12.5 Å². The van der Waals surface area contributed by atoms with Crippen LogP contribution in [0.1, 0.15) is 25.3 Å². The first-order chi connectivity index (χ1) is 8.00. The Balaban J connectivity index is 2.19. The van der Waals surface area contributed by atoms with Gasteiger partial charge in [-0.15, -0.1) is 0 Å². The largest absolute Gasteiger partial charge is 0.508 e. The van der Waals surface area contributed by atoms with Crippen LogP contribution in [-0.2, 0) is 5.60 Å². The third kappa shape index (κ3) is 2.61. The van der Waals surface area contributed by atoms with E-state index in [9.17, 15) is 10.2 Å². The number of aromatic hydroxyl groups is 1. The van der Waals surface area contributed by atoms with Crippen molar-refractivity contribution in [2.45, 2.75) is 25.4 Å². The standard InChI is InChI=1S/C14H21NO2/c1-14(17,11-5-7-13(16)8-6-11)12-4-3-9-15(2)10-12/h5-8,12,16-17H,3-4,9-10H2,1-2H3. The van der Waals surface area contributed by atoms with E-state index in [-0.39, 0.29) is 11.7 Å². The monoisotopic (exact) mass is 235 g/mol. The number of hydrogen-bond donors (Lipinski definition) is 2. The summed E-state index contributed by atoms with van der Waals surface area (Å²) in [6.07, 6.45) is 2.19. The first-order valence-corrected chi connectivity index (χ1v) is 6.20. The summed E-state index contributed by atoms with van der Waals surface area (Å²) in [7, 11) is 2.10. The zero-order chi connectivity index (χ0) is 12.5. The van der Waals surface area contributed by atoms with Crippen LogP contribution in [0.5, 0.6) is 5.75 Å². The lowest BCUT2D eigenvalue weighted by atomic mass is 9.78. The molecule has 0 saturated carbocycles. The highest BCUT2D eigenvalue weighted by molar-refractivity contribution is 5.30. The Morgan fingerprint density at radius 1 is 1.29 bits per heavy atom. The highest BCUT2D eigenvalue weighted by Gasteiger charge is 2.35. The third-order valence-electron chi connectivity index (χ3n) is 3.87. The van der Waals surface area contributed by atoms with E-state index >= 15 is 0 Å². The van der Waals surface area contributed by atoms with Crippen molar-refractivity contribution in [3.63, 3.8) is 0 Å². The highest BCUT2D eigenvalue weighted by atomic mass is 16.3. The lowest BCUT2D eigenvalue weighted by Crippen LogP contribution is -2.43. The lowest BCUT2D eigenvalue weighted by Gasteiger charge is -2.39. The van der Waals surface area contributed by atoms with E-state index in [1.165, 1.54) is 0 Å². The van der Waals surface area contributed by atoms with Gasteiger partial charge in [0.15, 0.2) is 0 Å². The van der Waals surface area contributed by atoms with Crippen LogP contribution in [0.25, 0.3) is 0 Å². The van der Waals surface area contributed by atoms with Gasteiger partial charge in [0.05, 0.1) is 5.60 Å². The van der Waals surface area contributed by atoms with Crippen LogP contribution in [0.4, 0.5) is 0 Å². The van der Waals surface area contributed by atoms with Gasteiger partial charge in [0.25, 0.3) is 0 Å². The predicted octanol–water partition coefficient (Wildman–Crippen LogP) is 1.94. The molecule has 1 aliphatic heterocycles. The van der Waals surface area contributed by atoms with Crippen molar-refractivity contribution in [1.82, 2.24) is 4.90 Å². The molecule has 1 fully saturated rings. The fraction of sp³-hybridized carbons (Fsp3) is 0.571. The second kappa shape index (κ2) is 4.67. The zero-order valence-corrected chi connectivity index (χ0v) is 10.6. The van der Waals surface area contributed by atoms with Crippen LogP contribution in [0.3, 0.4) is 0 Å². The SMILES string of the molecule is CN1CCCC(C(C)(O)c2ccc(O)cc2)C1. The van der Waals surface area contributed by atoms with Gasteiger partial charge in [0.1, 0.15) is 5.75 Å². The maximum Gasteiger partial charge on any atom is 0.115 e. The first kappa shape index (κ1) is 12.4. The van der Waals surface area contributed by atoms with E-state index in [2.05, 4.69) is 11.9 Å². The van der Waals surface area contributed by atoms with Crippen molar-refractivity contribution in [1.29, 1.82) is 0 Å². The van der Waals surface area contributed by atoms with Gasteiger partial charge in [-0.3, -0.25) is 0 Å². The molecule has 0 radical (unpaired) electrons. The van der Waals surface area contributed by atoms with Gasteiger partial charge in [-0.25, -0.2) is 0 Å². The van der Waals surface area contributed by atoms with Gasteiger partial charge in [-0.05, 0) is 51.1 Å². The average Bonchev–Trinajstić information content (AvgIpc) is 2.29. The molecular weight excluding hydrogens is 214 g/mol. The number of phenolic OH excluding ortho intramolecular Hbond substituents is 1. The Kier molecular flexibility index (Phi) is 3.40. The molecule has 0 spiro atoms. The number of rotatable bonds is 2. The summed E-state index contributed by atoms with van der Waals surface area (Å²) in [5.41, 5.74) is 0.0677. The molecule has 0 aromatic heterocycles. The van der Waals surface area contributed by atoms with E-state index in [1.807, 2.05) is 19.1 Å². The fourth-order valence-electron chi connectivity index (χ4n) is 2.66. The molecule has 2 atom stereocenters. The number of piperidine rings is 1. The Labute approximate surface area is 103 Å². The summed E-state index contributed by atoms with van der Waals surface area (Å²) in [5.74, 6) is 0.496. The minimum absolute atomic E-state index is 0.241. The molecule has 2 unspecified atom stereocenters. The summed E-state index contributed by atoms with van der Waals surface area (Å²) >= 11 is 0. The number of hydrogen-bond acceptors (Lipinski definition) is 3. The van der Waals surface area contributed by atoms with E-state index in [1.54, 1.807) is 12.1 Å². The maximum absolute atomic E-state index is 10.7. The molecule has 3 nitrogen and oxygen atoms in total. The van der Waals surface area contributed by atoms with Crippen molar-refractivity contribution in [2.75, 3.05) is 20.1 Å². The Hall–Kier alpha value is -1.06. The lowest BCUT2D eigenvalue weighted by molar-refractivity contribution is -0.0340. The summed E-state index contributed by atoms with van der Waals surface area (Å²) in [6.45, 7) is 3.92. The summed E-state index contributed by atoms with van der Waals surface area (Å²) in [5, 5.41) is 20.0. The van der Waals surface area contributed by atoms with Gasteiger partial charge in [-0.2, -0.15) is 0 Å². The number of phenols is 1. The highest BCUT2D eigenvalue weighted by Crippen LogP contribution is 2.35. The van der Waals surface area contributed by atoms with Crippen molar-refractivity contribution in [3.8, 4) is 5.75 Å². The summed E-state index contributed by atoms with van der Waals surface area (Å²) in [6, 6.07) is 6.89. The number of aliphatic hydroxyl groups is 1. The topological polar surface area (TPSA) is 43.7 Å². The molecular formula is C14H21NO2. The number of nitrogens with zero attached hydrogens (tertiary/aromatic N) is 1. The van der Waals surface area contributed by atoms with E-state index < -0.39 is 5.60 Å². The molecule has 17 heavy (non-hydrogen) atoms. The molecule has 94 valence electrons. The Morgan fingerprint density at radius 2 is 1.94 bits per heavy atom. The molecule has 1 heterocycles. The van der Waals surface area contributed by atoms with Gasteiger partial charge >= 0.3 is 0 Å². The molecule has 1 saturated heterocycles. The second-order valence-corrected chi connectivity index (χ2v) is 5.30. The van der Waals surface area contributed by atoms with Gasteiger partial charge < -0.3 is 15.1 Å². The van der Waals surface area contributed by atoms with Crippen molar-refractivity contribution in [3.05, 3.63) is 29.8 Å². The van der Waals surface area contributed by atoms with Crippen molar-refractivity contribution >= 4 is 0 Å². The number of likely N-dealkylation sites (tertiary alicyclic amines) is 1. The van der Waals surface area contributed by atoms with Crippen molar-refractivity contribution < 1.29 is 10.2 Å². The molecule has 1 aromatic rings. The van der Waals surface area contributed by atoms with E-state index in [0.29, 0.717) is 0 Å². The molecule has 1 aliphatic rings. The third-order valence-corrected chi connectivity index (χ3v) is 3.87. The Bertz CT molecular complexity index is 372. The Morgan fingerprint density at radius 3 is 2.53 bits per heavy atom. The van der Waals surface area contributed by atoms with Crippen LogP contribution < -0.4 is 0 Å². The quantitative estimate of drug-likeness (QED) is 0.823. The normalized spacial score (nSPS) is 25.5. The second-order valence-electron chi connectivity index (χ2n) is 5.30. The fourth-order valence-corrected chi connectivity index (χ4v) is 2.66. The van der Waals surface area contributed by atoms with E-state index in [0.717, 1.165) is 31.5 Å². The minimum atomic E-state index is -0.817. The molecule has 2 N–H and O–H groups in total. The number of benzene rings is 1. The minimum Gasteiger partial charge on any atom is -0.508 e. The van der Waals surface area contributed by atoms with Crippen LogP contribution in [-0.4, -0.2) is 35.3 Å². The zero-order valence-electron chi connectivity index (χ0n) is 10.6. The van der Waals surface area contributed by atoms with Crippen LogP contribution in [0.2, 0.25) is 0 Å². The summed E-state index contributed by atoms with van der Waals surface area (Å²) < 4.78 is 0. The average molecular weight is 235 g/mol. The maximum atomic E-state index is 10.7. The molecule has 0 bridgehead atoms. The van der Waals surface area contributed by atoms with Crippen molar-refractivity contribution in [2.24, 2.45) is 5.92 Å². The smallest absolute Gasteiger partial charge is 0.115 e. The van der Waals surface area contributed by atoms with E-state index in [4.69, 9.17) is 0 Å². The molecule has 1 aromatic carbocycles. The first-order valence-electron chi connectivity index (χ1n) is 6.20. The van der Waals surface area contributed by atoms with Crippen LogP contribution in [0, 0.1) is 5.92 Å². The summed E-state index contributed by atoms with van der Waals surface area (Å²) in [4.78, 5) is 2.27. The molecule has 2 rings (SSSR count). The van der Waals surface area contributed by atoms with Gasteiger partial charge in [-0.1, -0.05) is 12.1 Å². The molecule has 0 aliphatic carbocycles. The molecule has 3 heteroatoms. The molecule has 0 amide bonds. The van der Waals surface area contributed by atoms with Gasteiger partial charge in [0.2, 0.25) is 0 Å². The predicted molar refractivity (Wildman–Crippen MR) is 67.9 cm³/mol. The van der Waals surface area contributed by atoms with Crippen LogP contribution >= 0.6 is 0 Å².